The average molecular weight is 502 g/mol. The van der Waals surface area contributed by atoms with Crippen LogP contribution >= 0.6 is 0 Å². The lowest BCUT2D eigenvalue weighted by Gasteiger charge is -2.25. The van der Waals surface area contributed by atoms with Crippen LogP contribution in [0.15, 0.2) is 0 Å². The smallest absolute Gasteiger partial charge is 0.326 e. The van der Waals surface area contributed by atoms with E-state index in [0.29, 0.717) is 6.42 Å². The van der Waals surface area contributed by atoms with E-state index < -0.39 is 72.0 Å². The van der Waals surface area contributed by atoms with Gasteiger partial charge in [-0.2, -0.15) is 0 Å². The Kier molecular flexibility index (Phi) is 13.6. The minimum absolute atomic E-state index is 0.219. The Morgan fingerprint density at radius 1 is 0.714 bits per heavy atom. The third-order valence-corrected chi connectivity index (χ3v) is 5.20. The fourth-order valence-electron chi connectivity index (χ4n) is 2.84. The van der Waals surface area contributed by atoms with Crippen molar-refractivity contribution < 1.29 is 38.7 Å². The van der Waals surface area contributed by atoms with Gasteiger partial charge in [0.05, 0.1) is 12.5 Å². The van der Waals surface area contributed by atoms with Gasteiger partial charge in [-0.15, -0.1) is 0 Å². The molecule has 0 saturated heterocycles. The lowest BCUT2D eigenvalue weighted by Crippen LogP contribution is -2.58. The second-order valence-corrected chi connectivity index (χ2v) is 8.11. The molecule has 0 aliphatic heterocycles. The Balaban J connectivity index is 5.69. The lowest BCUT2D eigenvalue weighted by molar-refractivity contribution is -0.144. The molecule has 0 radical (unpaired) electrons. The molecule has 35 heavy (non-hydrogen) atoms. The Labute approximate surface area is 202 Å². The van der Waals surface area contributed by atoms with Crippen LogP contribution in [0.5, 0.6) is 0 Å². The SMILES string of the molecule is CCC(C)C(N)C(=O)NC(CCC(N)=O)C(=O)NC(CCC(N)=O)C(=O)NC(CC(N)=O)C(=O)O. The number of carboxylic acid groups (broad SMARTS) is 1. The fourth-order valence-corrected chi connectivity index (χ4v) is 2.84. The van der Waals surface area contributed by atoms with E-state index in [1.165, 1.54) is 0 Å². The zero-order valence-corrected chi connectivity index (χ0v) is 19.7. The van der Waals surface area contributed by atoms with Crippen LogP contribution in [0.25, 0.3) is 0 Å². The largest absolute Gasteiger partial charge is 0.480 e. The summed E-state index contributed by atoms with van der Waals surface area (Å²) in [4.78, 5) is 82.9. The van der Waals surface area contributed by atoms with Crippen LogP contribution < -0.4 is 38.9 Å². The van der Waals surface area contributed by atoms with Gasteiger partial charge in [-0.3, -0.25) is 28.8 Å². The highest BCUT2D eigenvalue weighted by atomic mass is 16.4. The monoisotopic (exact) mass is 501 g/mol. The molecule has 5 atom stereocenters. The van der Waals surface area contributed by atoms with Gasteiger partial charge < -0.3 is 44.0 Å². The van der Waals surface area contributed by atoms with E-state index in [9.17, 15) is 38.7 Å². The molecule has 0 aromatic heterocycles. The van der Waals surface area contributed by atoms with E-state index in [4.69, 9.17) is 22.9 Å². The van der Waals surface area contributed by atoms with Crippen molar-refractivity contribution in [2.45, 2.75) is 76.5 Å². The summed E-state index contributed by atoms with van der Waals surface area (Å²) >= 11 is 0. The van der Waals surface area contributed by atoms with Crippen molar-refractivity contribution in [3.63, 3.8) is 0 Å². The Morgan fingerprint density at radius 3 is 1.46 bits per heavy atom. The number of nitrogens with two attached hydrogens (primary N) is 4. The van der Waals surface area contributed by atoms with Crippen LogP contribution in [-0.4, -0.2) is 70.7 Å². The third-order valence-electron chi connectivity index (χ3n) is 5.20. The number of hydrogen-bond donors (Lipinski definition) is 8. The van der Waals surface area contributed by atoms with E-state index in [1.54, 1.807) is 6.92 Å². The van der Waals surface area contributed by atoms with Crippen LogP contribution in [0.4, 0.5) is 0 Å². The summed E-state index contributed by atoms with van der Waals surface area (Å²) in [6.45, 7) is 3.55. The zero-order chi connectivity index (χ0) is 27.3. The van der Waals surface area contributed by atoms with Gasteiger partial charge >= 0.3 is 5.97 Å². The summed E-state index contributed by atoms with van der Waals surface area (Å²) in [5.74, 6) is -6.95. The predicted octanol–water partition coefficient (Wildman–Crippen LogP) is -3.69. The highest BCUT2D eigenvalue weighted by Crippen LogP contribution is 2.08. The van der Waals surface area contributed by atoms with Crippen molar-refractivity contribution in [1.82, 2.24) is 16.0 Å². The molecule has 198 valence electrons. The zero-order valence-electron chi connectivity index (χ0n) is 19.7. The first-order valence-electron chi connectivity index (χ1n) is 10.9. The Hall–Kier alpha value is -3.75. The summed E-state index contributed by atoms with van der Waals surface area (Å²) < 4.78 is 0. The van der Waals surface area contributed by atoms with Crippen LogP contribution in [0.1, 0.15) is 52.4 Å². The summed E-state index contributed by atoms with van der Waals surface area (Å²) in [6.07, 6.45) is -1.32. The van der Waals surface area contributed by atoms with Crippen molar-refractivity contribution in [2.24, 2.45) is 28.9 Å². The standard InChI is InChI=1S/C20H35N7O8/c1-3-9(2)16(24)19(33)26-11(5-7-14(22)29)17(31)25-10(4-6-13(21)28)18(32)27-12(20(34)35)8-15(23)30/h9-12,16H,3-8,24H2,1-2H3,(H2,21,28)(H2,22,29)(H2,23,30)(H,25,31)(H,26,33)(H,27,32)(H,34,35). The van der Waals surface area contributed by atoms with Crippen molar-refractivity contribution in [1.29, 1.82) is 0 Å². The molecular formula is C20H35N7O8. The number of carboxylic acids is 1. The highest BCUT2D eigenvalue weighted by Gasteiger charge is 2.31. The highest BCUT2D eigenvalue weighted by molar-refractivity contribution is 5.95. The molecule has 5 unspecified atom stereocenters. The van der Waals surface area contributed by atoms with Crippen LogP contribution in [0, 0.1) is 5.92 Å². The summed E-state index contributed by atoms with van der Waals surface area (Å²) in [7, 11) is 0. The molecule has 0 aliphatic carbocycles. The predicted molar refractivity (Wildman–Crippen MR) is 122 cm³/mol. The van der Waals surface area contributed by atoms with Crippen LogP contribution in [-0.2, 0) is 33.6 Å². The quantitative estimate of drug-likeness (QED) is 0.0971. The minimum Gasteiger partial charge on any atom is -0.480 e. The Bertz CT molecular complexity index is 819. The normalized spacial score (nSPS) is 14.9. The average Bonchev–Trinajstić information content (AvgIpc) is 2.76. The summed E-state index contributed by atoms with van der Waals surface area (Å²) in [5.41, 5.74) is 21.1. The summed E-state index contributed by atoms with van der Waals surface area (Å²) in [6, 6.07) is -5.44. The number of aliphatic carboxylic acids is 1. The van der Waals surface area contributed by atoms with Gasteiger partial charge in [-0.05, 0) is 18.8 Å². The maximum atomic E-state index is 12.9. The van der Waals surface area contributed by atoms with Crippen LogP contribution in [0.3, 0.4) is 0 Å². The second-order valence-electron chi connectivity index (χ2n) is 8.11. The van der Waals surface area contributed by atoms with Gasteiger partial charge in [0, 0.05) is 12.8 Å². The van der Waals surface area contributed by atoms with Gasteiger partial charge in [-0.1, -0.05) is 20.3 Å². The molecule has 0 fully saturated rings. The van der Waals surface area contributed by atoms with Gasteiger partial charge in [0.2, 0.25) is 35.4 Å². The topological polar surface area (TPSA) is 280 Å². The van der Waals surface area contributed by atoms with Crippen molar-refractivity contribution in [2.75, 3.05) is 0 Å². The molecule has 0 aliphatic rings. The molecule has 0 spiro atoms. The molecule has 15 nitrogen and oxygen atoms in total. The number of carbonyl (C=O) groups is 7. The van der Waals surface area contributed by atoms with Gasteiger partial charge in [-0.25, -0.2) is 4.79 Å². The molecule has 0 heterocycles. The fraction of sp³-hybridized carbons (Fsp3) is 0.650. The van der Waals surface area contributed by atoms with Gasteiger partial charge in [0.25, 0.3) is 0 Å². The van der Waals surface area contributed by atoms with Gasteiger partial charge in [0.1, 0.15) is 18.1 Å². The van der Waals surface area contributed by atoms with E-state index in [0.717, 1.165) is 0 Å². The first-order chi connectivity index (χ1) is 16.2. The second kappa shape index (κ2) is 15.2. The van der Waals surface area contributed by atoms with E-state index >= 15 is 0 Å². The van der Waals surface area contributed by atoms with Crippen molar-refractivity contribution >= 4 is 41.4 Å². The number of carbonyl (C=O) groups excluding carboxylic acids is 6. The molecule has 0 saturated carbocycles. The van der Waals surface area contributed by atoms with E-state index in [2.05, 4.69) is 16.0 Å². The molecule has 0 rings (SSSR count). The lowest BCUT2D eigenvalue weighted by atomic mass is 9.98. The van der Waals surface area contributed by atoms with Crippen molar-refractivity contribution in [3.05, 3.63) is 0 Å². The van der Waals surface area contributed by atoms with E-state index in [1.807, 2.05) is 6.92 Å². The summed E-state index contributed by atoms with van der Waals surface area (Å²) in [5, 5.41) is 16.0. The molecular weight excluding hydrogens is 466 g/mol. The van der Waals surface area contributed by atoms with Crippen LogP contribution in [0.2, 0.25) is 0 Å². The van der Waals surface area contributed by atoms with Gasteiger partial charge in [0.15, 0.2) is 0 Å². The number of nitrogens with one attached hydrogen (secondary N) is 3. The first kappa shape index (κ1) is 31.2. The van der Waals surface area contributed by atoms with Crippen molar-refractivity contribution in [3.8, 4) is 0 Å². The maximum absolute atomic E-state index is 12.9. The molecule has 15 heteroatoms. The molecule has 0 aromatic rings. The molecule has 0 aromatic carbocycles. The third kappa shape index (κ3) is 12.3. The number of primary amides is 3. The molecule has 6 amide bonds. The number of rotatable bonds is 17. The number of hydrogen-bond acceptors (Lipinski definition) is 8. The molecule has 12 N–H and O–H groups in total. The number of amides is 6. The minimum atomic E-state index is -1.69. The molecule has 0 bridgehead atoms. The Morgan fingerprint density at radius 2 is 1.11 bits per heavy atom. The first-order valence-corrected chi connectivity index (χ1v) is 10.9. The van der Waals surface area contributed by atoms with E-state index in [-0.39, 0.29) is 31.6 Å². The maximum Gasteiger partial charge on any atom is 0.326 e.